The van der Waals surface area contributed by atoms with Crippen LogP contribution in [0, 0.1) is 0 Å². The van der Waals surface area contributed by atoms with Crippen molar-refractivity contribution in [1.29, 1.82) is 0 Å². The summed E-state index contributed by atoms with van der Waals surface area (Å²) in [6.45, 7) is 4.06. The van der Waals surface area contributed by atoms with Crippen LogP contribution in [-0.4, -0.2) is 26.0 Å². The lowest BCUT2D eigenvalue weighted by atomic mass is 10.4. The number of hydrogen-bond acceptors (Lipinski definition) is 5. The first kappa shape index (κ1) is 9.97. The number of carbonyl (C=O) groups is 1. The Balaban J connectivity index is 2.44. The first-order chi connectivity index (χ1) is 7.22. The van der Waals surface area contributed by atoms with Crippen molar-refractivity contribution in [2.75, 3.05) is 0 Å². The van der Waals surface area contributed by atoms with Crippen molar-refractivity contribution in [3.05, 3.63) is 17.5 Å². The first-order valence-corrected chi connectivity index (χ1v) is 5.35. The predicted molar refractivity (Wildman–Crippen MR) is 56.9 cm³/mol. The minimum Gasteiger partial charge on any atom is -0.295 e. The molecule has 5 nitrogen and oxygen atoms in total. The van der Waals surface area contributed by atoms with E-state index in [1.54, 1.807) is 6.20 Å². The molecule has 0 amide bonds. The van der Waals surface area contributed by atoms with Crippen LogP contribution in [-0.2, 0) is 0 Å². The molecule has 0 saturated carbocycles. The van der Waals surface area contributed by atoms with Crippen LogP contribution >= 0.6 is 11.3 Å². The third kappa shape index (κ3) is 1.80. The van der Waals surface area contributed by atoms with Crippen LogP contribution in [0.15, 0.2) is 12.5 Å². The van der Waals surface area contributed by atoms with Crippen molar-refractivity contribution in [2.24, 2.45) is 0 Å². The van der Waals surface area contributed by atoms with Gasteiger partial charge in [0.15, 0.2) is 17.1 Å². The van der Waals surface area contributed by atoms with E-state index in [-0.39, 0.29) is 6.04 Å². The topological polar surface area (TPSA) is 60.7 Å². The molecule has 0 atom stereocenters. The van der Waals surface area contributed by atoms with E-state index in [0.717, 1.165) is 17.0 Å². The number of thiazole rings is 1. The highest BCUT2D eigenvalue weighted by atomic mass is 32.1. The molecule has 2 heterocycles. The number of aromatic nitrogens is 4. The van der Waals surface area contributed by atoms with Crippen LogP contribution in [0.25, 0.3) is 10.7 Å². The minimum atomic E-state index is 0.240. The summed E-state index contributed by atoms with van der Waals surface area (Å²) in [5.74, 6) is 0.760. The highest BCUT2D eigenvalue weighted by Crippen LogP contribution is 2.24. The van der Waals surface area contributed by atoms with Crippen LogP contribution < -0.4 is 0 Å². The number of nitrogens with zero attached hydrogens (tertiary/aromatic N) is 4. The fourth-order valence-corrected chi connectivity index (χ4v) is 1.97. The number of aldehydes is 1. The van der Waals surface area contributed by atoms with E-state index in [9.17, 15) is 4.79 Å². The van der Waals surface area contributed by atoms with Crippen molar-refractivity contribution in [1.82, 2.24) is 19.7 Å². The molecule has 0 aliphatic heterocycles. The van der Waals surface area contributed by atoms with Crippen molar-refractivity contribution in [3.8, 4) is 10.7 Å². The zero-order valence-electron chi connectivity index (χ0n) is 8.41. The standard InChI is InChI=1S/C9H10N4OS/c1-6(2)13-9(11-5-12-13)7-3-10-8(4-14)15-7/h3-6H,1-2H3. The summed E-state index contributed by atoms with van der Waals surface area (Å²) in [6.07, 6.45) is 3.90. The monoisotopic (exact) mass is 222 g/mol. The zero-order valence-corrected chi connectivity index (χ0v) is 9.23. The molecule has 0 fully saturated rings. The Hall–Kier alpha value is -1.56. The van der Waals surface area contributed by atoms with Crippen LogP contribution in [0.2, 0.25) is 0 Å². The van der Waals surface area contributed by atoms with Crippen molar-refractivity contribution in [2.45, 2.75) is 19.9 Å². The average Bonchev–Trinajstić information content (AvgIpc) is 2.85. The molecule has 0 spiro atoms. The van der Waals surface area contributed by atoms with Gasteiger partial charge in [0.05, 0.1) is 4.88 Å². The van der Waals surface area contributed by atoms with Gasteiger partial charge in [-0.15, -0.1) is 11.3 Å². The van der Waals surface area contributed by atoms with Crippen molar-refractivity contribution >= 4 is 17.6 Å². The maximum Gasteiger partial charge on any atom is 0.178 e. The van der Waals surface area contributed by atoms with Gasteiger partial charge in [-0.3, -0.25) is 4.79 Å². The molecule has 0 N–H and O–H groups in total. The highest BCUT2D eigenvalue weighted by molar-refractivity contribution is 7.16. The Bertz CT molecular complexity index is 474. The minimum absolute atomic E-state index is 0.240. The normalized spacial score (nSPS) is 10.9. The molecule has 0 aliphatic rings. The highest BCUT2D eigenvalue weighted by Gasteiger charge is 2.12. The molecule has 0 radical (unpaired) electrons. The van der Waals surface area contributed by atoms with Gasteiger partial charge in [0.2, 0.25) is 0 Å². The predicted octanol–water partition coefficient (Wildman–Crippen LogP) is 1.79. The molecule has 2 aromatic heterocycles. The second-order valence-electron chi connectivity index (χ2n) is 3.30. The molecule has 15 heavy (non-hydrogen) atoms. The largest absolute Gasteiger partial charge is 0.295 e. The molecule has 6 heteroatoms. The third-order valence-electron chi connectivity index (χ3n) is 1.91. The molecule has 78 valence electrons. The number of hydrogen-bond donors (Lipinski definition) is 0. The molecule has 2 rings (SSSR count). The molecule has 2 aromatic rings. The maximum absolute atomic E-state index is 10.5. The summed E-state index contributed by atoms with van der Waals surface area (Å²) in [4.78, 5) is 19.5. The quantitative estimate of drug-likeness (QED) is 0.743. The summed E-state index contributed by atoms with van der Waals surface area (Å²) in [5.41, 5.74) is 0. The number of rotatable bonds is 3. The summed E-state index contributed by atoms with van der Waals surface area (Å²) in [7, 11) is 0. The van der Waals surface area contributed by atoms with Crippen LogP contribution in [0.3, 0.4) is 0 Å². The fraction of sp³-hybridized carbons (Fsp3) is 0.333. The van der Waals surface area contributed by atoms with E-state index in [1.165, 1.54) is 17.7 Å². The lowest BCUT2D eigenvalue weighted by molar-refractivity contribution is 0.112. The van der Waals surface area contributed by atoms with Gasteiger partial charge in [0.1, 0.15) is 6.33 Å². The van der Waals surface area contributed by atoms with Crippen molar-refractivity contribution in [3.63, 3.8) is 0 Å². The van der Waals surface area contributed by atoms with E-state index in [4.69, 9.17) is 0 Å². The number of carbonyl (C=O) groups excluding carboxylic acids is 1. The summed E-state index contributed by atoms with van der Waals surface area (Å²) >= 11 is 1.32. The van der Waals surface area contributed by atoms with Gasteiger partial charge in [0, 0.05) is 12.2 Å². The van der Waals surface area contributed by atoms with Crippen LogP contribution in [0.5, 0.6) is 0 Å². The lowest BCUT2D eigenvalue weighted by Crippen LogP contribution is -2.04. The SMILES string of the molecule is CC(C)n1ncnc1-c1cnc(C=O)s1. The van der Waals surface area contributed by atoms with E-state index >= 15 is 0 Å². The summed E-state index contributed by atoms with van der Waals surface area (Å²) in [6, 6.07) is 0.240. The average molecular weight is 222 g/mol. The van der Waals surface area contributed by atoms with E-state index in [0.29, 0.717) is 5.01 Å². The van der Waals surface area contributed by atoms with Gasteiger partial charge >= 0.3 is 0 Å². The van der Waals surface area contributed by atoms with Crippen molar-refractivity contribution < 1.29 is 4.79 Å². The molecule has 0 bridgehead atoms. The third-order valence-corrected chi connectivity index (χ3v) is 2.83. The van der Waals surface area contributed by atoms with E-state index in [1.807, 2.05) is 18.5 Å². The van der Waals surface area contributed by atoms with Gasteiger partial charge in [-0.1, -0.05) is 0 Å². The van der Waals surface area contributed by atoms with E-state index < -0.39 is 0 Å². The van der Waals surface area contributed by atoms with Crippen LogP contribution in [0.4, 0.5) is 0 Å². The Morgan fingerprint density at radius 2 is 2.27 bits per heavy atom. The molecular formula is C9H10N4OS. The van der Waals surface area contributed by atoms with Gasteiger partial charge in [0.25, 0.3) is 0 Å². The molecule has 0 aromatic carbocycles. The lowest BCUT2D eigenvalue weighted by Gasteiger charge is -2.06. The van der Waals surface area contributed by atoms with Gasteiger partial charge in [-0.25, -0.2) is 14.6 Å². The Labute approximate surface area is 90.8 Å². The molecule has 0 unspecified atom stereocenters. The Morgan fingerprint density at radius 3 is 2.87 bits per heavy atom. The molecular weight excluding hydrogens is 212 g/mol. The Morgan fingerprint density at radius 1 is 1.47 bits per heavy atom. The molecule has 0 saturated heterocycles. The maximum atomic E-state index is 10.5. The first-order valence-electron chi connectivity index (χ1n) is 4.53. The molecule has 0 aliphatic carbocycles. The van der Waals surface area contributed by atoms with Gasteiger partial charge < -0.3 is 0 Å². The Kier molecular flexibility index (Phi) is 2.59. The van der Waals surface area contributed by atoms with Gasteiger partial charge in [-0.2, -0.15) is 5.10 Å². The zero-order chi connectivity index (χ0) is 10.8. The van der Waals surface area contributed by atoms with Gasteiger partial charge in [-0.05, 0) is 13.8 Å². The second-order valence-corrected chi connectivity index (χ2v) is 4.36. The second kappa shape index (κ2) is 3.90. The summed E-state index contributed by atoms with van der Waals surface area (Å²) in [5, 5.41) is 4.58. The van der Waals surface area contributed by atoms with Crippen LogP contribution in [0.1, 0.15) is 29.7 Å². The summed E-state index contributed by atoms with van der Waals surface area (Å²) < 4.78 is 1.81. The fourth-order valence-electron chi connectivity index (χ4n) is 1.25. The smallest absolute Gasteiger partial charge is 0.178 e. The van der Waals surface area contributed by atoms with E-state index in [2.05, 4.69) is 15.1 Å².